The van der Waals surface area contributed by atoms with E-state index in [1.807, 2.05) is 19.1 Å². The molecule has 0 aliphatic carbocycles. The highest BCUT2D eigenvalue weighted by Gasteiger charge is 2.14. The first kappa shape index (κ1) is 10.7. The molecule has 0 atom stereocenters. The van der Waals surface area contributed by atoms with Gasteiger partial charge in [-0.1, -0.05) is 17.7 Å². The van der Waals surface area contributed by atoms with E-state index in [2.05, 4.69) is 20.9 Å². The van der Waals surface area contributed by atoms with E-state index in [-0.39, 0.29) is 5.78 Å². The Kier molecular flexibility index (Phi) is 2.61. The summed E-state index contributed by atoms with van der Waals surface area (Å²) in [4.78, 5) is 14.4. The molecule has 0 unspecified atom stereocenters. The minimum absolute atomic E-state index is 0.0240. The zero-order valence-electron chi connectivity index (χ0n) is 8.32. The van der Waals surface area contributed by atoms with Crippen molar-refractivity contribution in [3.05, 3.63) is 32.9 Å². The molecule has 0 aliphatic heterocycles. The molecule has 2 aromatic rings. The second-order valence-electron chi connectivity index (χ2n) is 3.47. The molecule has 0 bridgehead atoms. The summed E-state index contributed by atoms with van der Waals surface area (Å²) >= 11 is 9.48. The van der Waals surface area contributed by atoms with Crippen LogP contribution in [-0.4, -0.2) is 10.8 Å². The predicted molar refractivity (Wildman–Crippen MR) is 65.8 cm³/mol. The highest BCUT2D eigenvalue weighted by Crippen LogP contribution is 2.33. The Morgan fingerprint density at radius 3 is 2.73 bits per heavy atom. The minimum atomic E-state index is 0.0240. The Balaban J connectivity index is 2.88. The number of ketones is 1. The van der Waals surface area contributed by atoms with E-state index < -0.39 is 0 Å². The standard InChI is InChI=1S/C11H9BrClNO/c1-5-7-3-4-8(12)9(13)11(7)14-10(5)6(2)15/h3-4,14H,1-2H3. The molecular formula is C11H9BrClNO. The van der Waals surface area contributed by atoms with Gasteiger partial charge < -0.3 is 4.98 Å². The van der Waals surface area contributed by atoms with E-state index in [4.69, 9.17) is 11.6 Å². The van der Waals surface area contributed by atoms with Crippen molar-refractivity contribution in [2.75, 3.05) is 0 Å². The van der Waals surface area contributed by atoms with Crippen LogP contribution < -0.4 is 0 Å². The lowest BCUT2D eigenvalue weighted by molar-refractivity contribution is 0.101. The van der Waals surface area contributed by atoms with E-state index >= 15 is 0 Å². The summed E-state index contributed by atoms with van der Waals surface area (Å²) < 4.78 is 0.827. The van der Waals surface area contributed by atoms with Crippen LogP contribution in [-0.2, 0) is 0 Å². The van der Waals surface area contributed by atoms with Gasteiger partial charge in [-0.25, -0.2) is 0 Å². The number of Topliss-reactive ketones (excluding diaryl/α,β-unsaturated/α-hetero) is 1. The van der Waals surface area contributed by atoms with Gasteiger partial charge in [-0.05, 0) is 34.5 Å². The van der Waals surface area contributed by atoms with Crippen molar-refractivity contribution in [2.24, 2.45) is 0 Å². The van der Waals surface area contributed by atoms with Gasteiger partial charge in [0.15, 0.2) is 5.78 Å². The maximum atomic E-state index is 11.3. The van der Waals surface area contributed by atoms with Gasteiger partial charge in [-0.3, -0.25) is 4.79 Å². The molecule has 4 heteroatoms. The third kappa shape index (κ3) is 1.60. The fourth-order valence-electron chi connectivity index (χ4n) is 1.69. The molecule has 1 aromatic carbocycles. The van der Waals surface area contributed by atoms with E-state index in [0.29, 0.717) is 10.7 Å². The van der Waals surface area contributed by atoms with Gasteiger partial charge in [0.25, 0.3) is 0 Å². The number of aryl methyl sites for hydroxylation is 1. The lowest BCUT2D eigenvalue weighted by Crippen LogP contribution is -1.93. The first-order valence-electron chi connectivity index (χ1n) is 4.49. The summed E-state index contributed by atoms with van der Waals surface area (Å²) in [7, 11) is 0. The molecule has 0 saturated carbocycles. The number of carbonyl (C=O) groups is 1. The number of rotatable bonds is 1. The zero-order valence-corrected chi connectivity index (χ0v) is 10.7. The maximum Gasteiger partial charge on any atom is 0.176 e. The zero-order chi connectivity index (χ0) is 11.2. The number of carbonyl (C=O) groups excluding carboxylic acids is 1. The van der Waals surface area contributed by atoms with E-state index in [0.717, 1.165) is 20.9 Å². The summed E-state index contributed by atoms with van der Waals surface area (Å²) in [6.07, 6.45) is 0. The minimum Gasteiger partial charge on any atom is -0.351 e. The molecule has 0 spiro atoms. The highest BCUT2D eigenvalue weighted by molar-refractivity contribution is 9.10. The second kappa shape index (κ2) is 3.65. The number of fused-ring (bicyclic) bond motifs is 1. The predicted octanol–water partition coefficient (Wildman–Crippen LogP) is 4.09. The van der Waals surface area contributed by atoms with Crippen molar-refractivity contribution >= 4 is 44.2 Å². The Bertz CT molecular complexity index is 559. The molecule has 15 heavy (non-hydrogen) atoms. The van der Waals surface area contributed by atoms with E-state index in [9.17, 15) is 4.79 Å². The first-order chi connectivity index (χ1) is 7.02. The number of aromatic amines is 1. The molecule has 78 valence electrons. The monoisotopic (exact) mass is 285 g/mol. The normalized spacial score (nSPS) is 10.9. The van der Waals surface area contributed by atoms with Crippen molar-refractivity contribution in [2.45, 2.75) is 13.8 Å². The van der Waals surface area contributed by atoms with Crippen LogP contribution in [0.2, 0.25) is 5.02 Å². The largest absolute Gasteiger partial charge is 0.351 e. The molecule has 0 radical (unpaired) electrons. The molecule has 2 rings (SSSR count). The van der Waals surface area contributed by atoms with Crippen LogP contribution in [0.3, 0.4) is 0 Å². The average Bonchev–Trinajstić information content (AvgIpc) is 2.51. The Hall–Kier alpha value is -0.800. The van der Waals surface area contributed by atoms with Gasteiger partial charge in [0.1, 0.15) is 0 Å². The van der Waals surface area contributed by atoms with E-state index in [1.165, 1.54) is 0 Å². The van der Waals surface area contributed by atoms with E-state index in [1.54, 1.807) is 6.92 Å². The smallest absolute Gasteiger partial charge is 0.176 e. The summed E-state index contributed by atoms with van der Waals surface area (Å²) in [5.41, 5.74) is 2.39. The van der Waals surface area contributed by atoms with Crippen LogP contribution >= 0.6 is 27.5 Å². The second-order valence-corrected chi connectivity index (χ2v) is 4.70. The maximum absolute atomic E-state index is 11.3. The van der Waals surface area contributed by atoms with Crippen molar-refractivity contribution in [3.63, 3.8) is 0 Å². The summed E-state index contributed by atoms with van der Waals surface area (Å²) in [5, 5.41) is 1.61. The Morgan fingerprint density at radius 1 is 1.47 bits per heavy atom. The average molecular weight is 287 g/mol. The van der Waals surface area contributed by atoms with Gasteiger partial charge in [0.2, 0.25) is 0 Å². The molecule has 1 heterocycles. The van der Waals surface area contributed by atoms with Crippen LogP contribution in [0.25, 0.3) is 10.9 Å². The number of H-pyrrole nitrogens is 1. The van der Waals surface area contributed by atoms with Crippen LogP contribution in [0.1, 0.15) is 23.0 Å². The third-order valence-corrected chi connectivity index (χ3v) is 3.76. The summed E-state index contributed by atoms with van der Waals surface area (Å²) in [5.74, 6) is 0.0240. The Morgan fingerprint density at radius 2 is 2.13 bits per heavy atom. The third-order valence-electron chi connectivity index (χ3n) is 2.48. The highest BCUT2D eigenvalue weighted by atomic mass is 79.9. The molecule has 1 aromatic heterocycles. The van der Waals surface area contributed by atoms with Gasteiger partial charge in [-0.2, -0.15) is 0 Å². The quantitative estimate of drug-likeness (QED) is 0.787. The fourth-order valence-corrected chi connectivity index (χ4v) is 2.23. The van der Waals surface area contributed by atoms with Gasteiger partial charge in [0, 0.05) is 16.8 Å². The lowest BCUT2D eigenvalue weighted by atomic mass is 10.1. The number of halogens is 2. The summed E-state index contributed by atoms with van der Waals surface area (Å²) in [6.45, 7) is 3.46. The first-order valence-corrected chi connectivity index (χ1v) is 5.66. The summed E-state index contributed by atoms with van der Waals surface area (Å²) in [6, 6.07) is 3.83. The molecule has 0 saturated heterocycles. The fraction of sp³-hybridized carbons (Fsp3) is 0.182. The van der Waals surface area contributed by atoms with Crippen LogP contribution in [0.4, 0.5) is 0 Å². The topological polar surface area (TPSA) is 32.9 Å². The van der Waals surface area contributed by atoms with Crippen LogP contribution in [0, 0.1) is 6.92 Å². The van der Waals surface area contributed by atoms with Crippen molar-refractivity contribution in [1.29, 1.82) is 0 Å². The Labute approximate surface area is 101 Å². The van der Waals surface area contributed by atoms with Crippen molar-refractivity contribution < 1.29 is 4.79 Å². The van der Waals surface area contributed by atoms with Gasteiger partial charge >= 0.3 is 0 Å². The molecule has 2 nitrogen and oxygen atoms in total. The number of aromatic nitrogens is 1. The van der Waals surface area contributed by atoms with Crippen LogP contribution in [0.15, 0.2) is 16.6 Å². The van der Waals surface area contributed by atoms with Crippen molar-refractivity contribution in [3.8, 4) is 0 Å². The van der Waals surface area contributed by atoms with Gasteiger partial charge in [0.05, 0.1) is 16.2 Å². The lowest BCUT2D eigenvalue weighted by Gasteiger charge is -1.97. The van der Waals surface area contributed by atoms with Crippen LogP contribution in [0.5, 0.6) is 0 Å². The number of benzene rings is 1. The molecule has 0 amide bonds. The molecule has 1 N–H and O–H groups in total. The van der Waals surface area contributed by atoms with Gasteiger partial charge in [-0.15, -0.1) is 0 Å². The number of hydrogen-bond acceptors (Lipinski definition) is 1. The van der Waals surface area contributed by atoms with Crippen molar-refractivity contribution in [1.82, 2.24) is 4.98 Å². The number of hydrogen-bond donors (Lipinski definition) is 1. The molecule has 0 aliphatic rings. The molecular weight excluding hydrogens is 277 g/mol. The molecule has 0 fully saturated rings. The SMILES string of the molecule is CC(=O)c1[nH]c2c(Cl)c(Br)ccc2c1C. The number of nitrogens with one attached hydrogen (secondary N) is 1.